The molecule has 1 saturated heterocycles. The summed E-state index contributed by atoms with van der Waals surface area (Å²) in [5, 5.41) is 5.08. The molecule has 3 amide bonds. The van der Waals surface area contributed by atoms with E-state index in [-0.39, 0.29) is 6.42 Å². The molecule has 1 heterocycles. The highest BCUT2D eigenvalue weighted by Gasteiger charge is 2.23. The minimum atomic E-state index is -0.975. The highest BCUT2D eigenvalue weighted by molar-refractivity contribution is 5.93. The van der Waals surface area contributed by atoms with E-state index in [1.165, 1.54) is 19.3 Å². The number of benzene rings is 2. The second-order valence-electron chi connectivity index (χ2n) is 7.50. The van der Waals surface area contributed by atoms with Gasteiger partial charge in [-0.1, -0.05) is 30.3 Å². The Kier molecular flexibility index (Phi) is 7.86. The molecule has 2 aromatic rings. The number of urea groups is 1. The molecule has 0 aromatic heterocycles. The number of nitrogens with two attached hydrogens (primary N) is 1. The molecule has 4 N–H and O–H groups in total. The monoisotopic (exact) mass is 424 g/mol. The Hall–Kier alpha value is -3.55. The largest absolute Gasteiger partial charge is 0.454 e. The van der Waals surface area contributed by atoms with Crippen molar-refractivity contribution < 1.29 is 19.1 Å². The van der Waals surface area contributed by atoms with E-state index in [0.717, 1.165) is 24.3 Å². The second kappa shape index (κ2) is 11.0. The molecule has 8 nitrogen and oxygen atoms in total. The van der Waals surface area contributed by atoms with Crippen LogP contribution >= 0.6 is 0 Å². The fraction of sp³-hybridized carbons (Fsp3) is 0.348. The Morgan fingerprint density at radius 1 is 0.968 bits per heavy atom. The van der Waals surface area contributed by atoms with Crippen LogP contribution in [-0.2, 0) is 20.7 Å². The Labute approximate surface area is 181 Å². The number of nitrogens with zero attached hydrogens (tertiary/aromatic N) is 1. The maximum atomic E-state index is 12.4. The van der Waals surface area contributed by atoms with E-state index in [2.05, 4.69) is 15.5 Å². The van der Waals surface area contributed by atoms with E-state index in [1.54, 1.807) is 0 Å². The number of piperidine rings is 1. The van der Waals surface area contributed by atoms with Crippen molar-refractivity contribution in [2.24, 2.45) is 5.73 Å². The van der Waals surface area contributed by atoms with Gasteiger partial charge in [0, 0.05) is 30.9 Å². The zero-order valence-electron chi connectivity index (χ0n) is 17.4. The van der Waals surface area contributed by atoms with Crippen molar-refractivity contribution in [3.63, 3.8) is 0 Å². The molecular weight excluding hydrogens is 396 g/mol. The van der Waals surface area contributed by atoms with Gasteiger partial charge in [-0.05, 0) is 49.1 Å². The number of primary amides is 1. The third kappa shape index (κ3) is 7.02. The molecule has 1 aliphatic rings. The number of amides is 3. The molecule has 1 atom stereocenters. The molecule has 2 aromatic carbocycles. The molecule has 164 valence electrons. The van der Waals surface area contributed by atoms with E-state index in [1.807, 2.05) is 54.6 Å². The maximum absolute atomic E-state index is 12.4. The summed E-state index contributed by atoms with van der Waals surface area (Å²) >= 11 is 0. The van der Waals surface area contributed by atoms with Gasteiger partial charge in [0.15, 0.2) is 6.61 Å². The van der Waals surface area contributed by atoms with Gasteiger partial charge in [-0.3, -0.25) is 4.79 Å². The number of ether oxygens (including phenoxy) is 1. The SMILES string of the molecule is NC(=O)N[C@@H](Cc1ccccc1)C(=O)OCC(=O)Nc1ccc(N2CCCCC2)cc1. The van der Waals surface area contributed by atoms with E-state index in [4.69, 9.17) is 10.5 Å². The highest BCUT2D eigenvalue weighted by atomic mass is 16.5. The van der Waals surface area contributed by atoms with Crippen LogP contribution in [0.25, 0.3) is 0 Å². The molecule has 1 fully saturated rings. The molecule has 8 heteroatoms. The number of rotatable bonds is 8. The van der Waals surface area contributed by atoms with Gasteiger partial charge in [-0.25, -0.2) is 9.59 Å². The lowest BCUT2D eigenvalue weighted by molar-refractivity contribution is -0.149. The number of carbonyl (C=O) groups excluding carboxylic acids is 3. The Bertz CT molecular complexity index is 880. The van der Waals surface area contributed by atoms with Crippen molar-refractivity contribution >= 4 is 29.3 Å². The lowest BCUT2D eigenvalue weighted by atomic mass is 10.1. The summed E-state index contributed by atoms with van der Waals surface area (Å²) in [4.78, 5) is 38.2. The van der Waals surface area contributed by atoms with Crippen molar-refractivity contribution in [2.45, 2.75) is 31.7 Å². The number of anilines is 2. The quantitative estimate of drug-likeness (QED) is 0.563. The van der Waals surface area contributed by atoms with Crippen LogP contribution in [-0.4, -0.2) is 43.6 Å². The van der Waals surface area contributed by atoms with Crippen molar-refractivity contribution in [1.82, 2.24) is 5.32 Å². The minimum absolute atomic E-state index is 0.211. The minimum Gasteiger partial charge on any atom is -0.454 e. The predicted octanol–water partition coefficient (Wildman–Crippen LogP) is 2.44. The molecule has 0 bridgehead atoms. The fourth-order valence-corrected chi connectivity index (χ4v) is 3.56. The molecule has 31 heavy (non-hydrogen) atoms. The van der Waals surface area contributed by atoms with Crippen molar-refractivity contribution in [1.29, 1.82) is 0 Å². The number of esters is 1. The Morgan fingerprint density at radius 2 is 1.65 bits per heavy atom. The zero-order chi connectivity index (χ0) is 22.1. The molecule has 0 spiro atoms. The van der Waals surface area contributed by atoms with Gasteiger partial charge in [0.05, 0.1) is 0 Å². The Morgan fingerprint density at radius 3 is 2.29 bits per heavy atom. The van der Waals surface area contributed by atoms with Gasteiger partial charge in [0.2, 0.25) is 0 Å². The molecule has 1 aliphatic heterocycles. The lowest BCUT2D eigenvalue weighted by Gasteiger charge is -2.28. The average Bonchev–Trinajstić information content (AvgIpc) is 2.78. The van der Waals surface area contributed by atoms with E-state index >= 15 is 0 Å². The predicted molar refractivity (Wildman–Crippen MR) is 119 cm³/mol. The van der Waals surface area contributed by atoms with Gasteiger partial charge >= 0.3 is 12.0 Å². The van der Waals surface area contributed by atoms with Crippen LogP contribution in [0.2, 0.25) is 0 Å². The van der Waals surface area contributed by atoms with Gasteiger partial charge in [0.25, 0.3) is 5.91 Å². The summed E-state index contributed by atoms with van der Waals surface area (Å²) in [5.74, 6) is -1.19. The summed E-state index contributed by atoms with van der Waals surface area (Å²) in [6.07, 6.45) is 3.87. The van der Waals surface area contributed by atoms with Crippen molar-refractivity contribution in [3.05, 3.63) is 60.2 Å². The first-order chi connectivity index (χ1) is 15.0. The molecular formula is C23H28N4O4. The summed E-state index contributed by atoms with van der Waals surface area (Å²) in [7, 11) is 0. The molecule has 3 rings (SSSR count). The lowest BCUT2D eigenvalue weighted by Crippen LogP contribution is -2.46. The van der Waals surface area contributed by atoms with Crippen LogP contribution in [0.5, 0.6) is 0 Å². The van der Waals surface area contributed by atoms with Crippen molar-refractivity contribution in [2.75, 3.05) is 29.9 Å². The van der Waals surface area contributed by atoms with E-state index in [0.29, 0.717) is 5.69 Å². The first-order valence-corrected chi connectivity index (χ1v) is 10.4. The second-order valence-corrected chi connectivity index (χ2v) is 7.50. The van der Waals surface area contributed by atoms with Gasteiger partial charge in [-0.15, -0.1) is 0 Å². The topological polar surface area (TPSA) is 114 Å². The first kappa shape index (κ1) is 22.1. The van der Waals surface area contributed by atoms with Crippen LogP contribution in [0.15, 0.2) is 54.6 Å². The molecule has 0 radical (unpaired) electrons. The van der Waals surface area contributed by atoms with Crippen molar-refractivity contribution in [3.8, 4) is 0 Å². The summed E-state index contributed by atoms with van der Waals surface area (Å²) < 4.78 is 5.10. The Balaban J connectivity index is 1.49. The standard InChI is InChI=1S/C23H28N4O4/c24-23(30)26-20(15-17-7-3-1-4-8-17)22(29)31-16-21(28)25-18-9-11-19(12-10-18)27-13-5-2-6-14-27/h1,3-4,7-12,20H,2,5-6,13-16H2,(H,25,28)(H3,24,26,30)/t20-/m0/s1. The van der Waals surface area contributed by atoms with Gasteiger partial charge < -0.3 is 26.0 Å². The fourth-order valence-electron chi connectivity index (χ4n) is 3.56. The first-order valence-electron chi connectivity index (χ1n) is 10.4. The zero-order valence-corrected chi connectivity index (χ0v) is 17.4. The van der Waals surface area contributed by atoms with E-state index < -0.39 is 30.6 Å². The average molecular weight is 425 g/mol. The molecule has 0 saturated carbocycles. The number of hydrogen-bond donors (Lipinski definition) is 3. The third-order valence-corrected chi connectivity index (χ3v) is 5.10. The molecule has 0 unspecified atom stereocenters. The summed E-state index contributed by atoms with van der Waals surface area (Å²) in [6, 6.07) is 14.9. The van der Waals surface area contributed by atoms with Crippen LogP contribution in [0.4, 0.5) is 16.2 Å². The highest BCUT2D eigenvalue weighted by Crippen LogP contribution is 2.21. The number of carbonyl (C=O) groups is 3. The van der Waals surface area contributed by atoms with E-state index in [9.17, 15) is 14.4 Å². The van der Waals surface area contributed by atoms with Crippen LogP contribution in [0, 0.1) is 0 Å². The summed E-state index contributed by atoms with van der Waals surface area (Å²) in [5.41, 5.74) is 7.75. The smallest absolute Gasteiger partial charge is 0.329 e. The number of nitrogens with one attached hydrogen (secondary N) is 2. The van der Waals surface area contributed by atoms with Gasteiger partial charge in [-0.2, -0.15) is 0 Å². The summed E-state index contributed by atoms with van der Waals surface area (Å²) in [6.45, 7) is 1.63. The molecule has 0 aliphatic carbocycles. The normalized spacial score (nSPS) is 14.4. The van der Waals surface area contributed by atoms with Crippen LogP contribution in [0.1, 0.15) is 24.8 Å². The third-order valence-electron chi connectivity index (χ3n) is 5.10. The number of hydrogen-bond acceptors (Lipinski definition) is 5. The van der Waals surface area contributed by atoms with Gasteiger partial charge in [0.1, 0.15) is 6.04 Å². The van der Waals surface area contributed by atoms with Crippen LogP contribution in [0.3, 0.4) is 0 Å². The van der Waals surface area contributed by atoms with Crippen LogP contribution < -0.4 is 21.3 Å². The maximum Gasteiger partial charge on any atom is 0.329 e.